The molecule has 20 heavy (non-hydrogen) atoms. The molecule has 0 bridgehead atoms. The van der Waals surface area contributed by atoms with Gasteiger partial charge in [-0.1, -0.05) is 11.6 Å². The molecule has 0 aliphatic carbocycles. The van der Waals surface area contributed by atoms with Crippen LogP contribution in [0, 0.1) is 12.7 Å². The second-order valence-electron chi connectivity index (χ2n) is 4.25. The molecule has 104 valence electrons. The number of aromatic nitrogens is 1. The summed E-state index contributed by atoms with van der Waals surface area (Å²) < 4.78 is 13.3. The summed E-state index contributed by atoms with van der Waals surface area (Å²) in [5, 5.41) is 5.63. The molecule has 2 aromatic rings. The van der Waals surface area contributed by atoms with Crippen molar-refractivity contribution in [2.75, 3.05) is 17.7 Å². The number of nitrogens with one attached hydrogen (secondary N) is 2. The van der Waals surface area contributed by atoms with Crippen LogP contribution in [0.15, 0.2) is 30.3 Å². The van der Waals surface area contributed by atoms with Crippen LogP contribution in [0.3, 0.4) is 0 Å². The summed E-state index contributed by atoms with van der Waals surface area (Å²) in [7, 11) is 1.69. The van der Waals surface area contributed by atoms with Gasteiger partial charge in [-0.2, -0.15) is 0 Å². The standard InChI is InChI=1S/C14H13ClFN3O/c1-8-5-9(16)7-10(6-8)18-14(20)13-11(15)3-4-12(17-2)19-13/h3-7H,1-2H3,(H,17,19)(H,18,20). The van der Waals surface area contributed by atoms with Gasteiger partial charge in [0, 0.05) is 12.7 Å². The fraction of sp³-hybridized carbons (Fsp3) is 0.143. The average molecular weight is 294 g/mol. The van der Waals surface area contributed by atoms with Gasteiger partial charge in [0.1, 0.15) is 17.3 Å². The normalized spacial score (nSPS) is 10.2. The number of aryl methyl sites for hydroxylation is 1. The van der Waals surface area contributed by atoms with Crippen LogP contribution in [0.25, 0.3) is 0 Å². The van der Waals surface area contributed by atoms with E-state index in [1.54, 1.807) is 32.2 Å². The lowest BCUT2D eigenvalue weighted by molar-refractivity contribution is 0.102. The van der Waals surface area contributed by atoms with E-state index in [1.165, 1.54) is 12.1 Å². The van der Waals surface area contributed by atoms with E-state index in [0.717, 1.165) is 0 Å². The van der Waals surface area contributed by atoms with E-state index in [2.05, 4.69) is 15.6 Å². The minimum absolute atomic E-state index is 0.0837. The highest BCUT2D eigenvalue weighted by Crippen LogP contribution is 2.19. The highest BCUT2D eigenvalue weighted by Gasteiger charge is 2.13. The Hall–Kier alpha value is -2.14. The van der Waals surface area contributed by atoms with Crippen molar-refractivity contribution < 1.29 is 9.18 Å². The molecule has 6 heteroatoms. The Kier molecular flexibility index (Phi) is 4.20. The molecule has 0 fully saturated rings. The zero-order valence-electron chi connectivity index (χ0n) is 11.0. The van der Waals surface area contributed by atoms with Crippen LogP contribution in [0.5, 0.6) is 0 Å². The zero-order valence-corrected chi connectivity index (χ0v) is 11.8. The minimum Gasteiger partial charge on any atom is -0.373 e. The maximum atomic E-state index is 13.3. The summed E-state index contributed by atoms with van der Waals surface area (Å²) >= 11 is 5.95. The summed E-state index contributed by atoms with van der Waals surface area (Å²) in [5.41, 5.74) is 1.16. The van der Waals surface area contributed by atoms with E-state index in [-0.39, 0.29) is 10.7 Å². The Morgan fingerprint density at radius 3 is 2.70 bits per heavy atom. The lowest BCUT2D eigenvalue weighted by Crippen LogP contribution is -2.15. The number of benzene rings is 1. The molecule has 0 saturated heterocycles. The summed E-state index contributed by atoms with van der Waals surface area (Å²) in [6, 6.07) is 7.51. The van der Waals surface area contributed by atoms with Gasteiger partial charge in [0.2, 0.25) is 0 Å². The van der Waals surface area contributed by atoms with Crippen LogP contribution < -0.4 is 10.6 Å². The maximum absolute atomic E-state index is 13.3. The first-order chi connectivity index (χ1) is 9.49. The molecule has 1 amide bonds. The molecule has 0 saturated carbocycles. The number of carbonyl (C=O) groups is 1. The Morgan fingerprint density at radius 1 is 1.30 bits per heavy atom. The molecule has 1 aromatic heterocycles. The van der Waals surface area contributed by atoms with Gasteiger partial charge >= 0.3 is 0 Å². The molecular weight excluding hydrogens is 281 g/mol. The number of hydrogen-bond donors (Lipinski definition) is 2. The first kappa shape index (κ1) is 14.3. The van der Waals surface area contributed by atoms with E-state index >= 15 is 0 Å². The molecule has 0 spiro atoms. The van der Waals surface area contributed by atoms with Crippen molar-refractivity contribution in [3.63, 3.8) is 0 Å². The van der Waals surface area contributed by atoms with Crippen molar-refractivity contribution in [1.82, 2.24) is 4.98 Å². The largest absolute Gasteiger partial charge is 0.373 e. The molecule has 0 atom stereocenters. The van der Waals surface area contributed by atoms with E-state index in [1.807, 2.05) is 0 Å². The van der Waals surface area contributed by atoms with Crippen molar-refractivity contribution in [3.8, 4) is 0 Å². The van der Waals surface area contributed by atoms with E-state index in [4.69, 9.17) is 11.6 Å². The minimum atomic E-state index is -0.489. The fourth-order valence-corrected chi connectivity index (χ4v) is 1.93. The quantitative estimate of drug-likeness (QED) is 0.911. The first-order valence-electron chi connectivity index (χ1n) is 5.92. The third-order valence-electron chi connectivity index (χ3n) is 2.62. The monoisotopic (exact) mass is 293 g/mol. The van der Waals surface area contributed by atoms with E-state index in [0.29, 0.717) is 17.1 Å². The van der Waals surface area contributed by atoms with Crippen molar-refractivity contribution >= 4 is 29.0 Å². The van der Waals surface area contributed by atoms with Gasteiger partial charge in [0.25, 0.3) is 5.91 Å². The van der Waals surface area contributed by atoms with Gasteiger partial charge in [-0.25, -0.2) is 9.37 Å². The molecule has 0 radical (unpaired) electrons. The van der Waals surface area contributed by atoms with Crippen molar-refractivity contribution in [2.45, 2.75) is 6.92 Å². The Morgan fingerprint density at radius 2 is 2.05 bits per heavy atom. The van der Waals surface area contributed by atoms with E-state index < -0.39 is 11.7 Å². The van der Waals surface area contributed by atoms with Gasteiger partial charge < -0.3 is 10.6 Å². The highest BCUT2D eigenvalue weighted by molar-refractivity contribution is 6.34. The molecule has 1 aromatic carbocycles. The number of hydrogen-bond acceptors (Lipinski definition) is 3. The van der Waals surface area contributed by atoms with Crippen LogP contribution in [-0.2, 0) is 0 Å². The topological polar surface area (TPSA) is 54.0 Å². The van der Waals surface area contributed by atoms with Crippen LogP contribution in [0.2, 0.25) is 5.02 Å². The highest BCUT2D eigenvalue weighted by atomic mass is 35.5. The average Bonchev–Trinajstić information content (AvgIpc) is 2.37. The molecule has 1 heterocycles. The van der Waals surface area contributed by atoms with Gasteiger partial charge in [-0.05, 0) is 42.8 Å². The number of nitrogens with zero attached hydrogens (tertiary/aromatic N) is 1. The molecular formula is C14H13ClFN3O. The molecule has 2 N–H and O–H groups in total. The van der Waals surface area contributed by atoms with Crippen LogP contribution in [0.4, 0.5) is 15.9 Å². The number of carbonyl (C=O) groups excluding carboxylic acids is 1. The number of anilines is 2. The van der Waals surface area contributed by atoms with Crippen LogP contribution >= 0.6 is 11.6 Å². The molecule has 0 unspecified atom stereocenters. The van der Waals surface area contributed by atoms with Crippen molar-refractivity contribution in [3.05, 3.63) is 52.4 Å². The van der Waals surface area contributed by atoms with Crippen molar-refractivity contribution in [1.29, 1.82) is 0 Å². The molecule has 4 nitrogen and oxygen atoms in total. The van der Waals surface area contributed by atoms with Crippen LogP contribution in [0.1, 0.15) is 16.1 Å². The Labute approximate surface area is 121 Å². The first-order valence-corrected chi connectivity index (χ1v) is 6.30. The second kappa shape index (κ2) is 5.88. The lowest BCUT2D eigenvalue weighted by Gasteiger charge is -2.08. The van der Waals surface area contributed by atoms with Crippen molar-refractivity contribution in [2.24, 2.45) is 0 Å². The van der Waals surface area contributed by atoms with Gasteiger partial charge in [-0.3, -0.25) is 4.79 Å². The third kappa shape index (κ3) is 3.24. The second-order valence-corrected chi connectivity index (χ2v) is 4.66. The predicted molar refractivity (Wildman–Crippen MR) is 77.9 cm³/mol. The molecule has 0 aliphatic heterocycles. The van der Waals surface area contributed by atoms with Gasteiger partial charge in [0.15, 0.2) is 0 Å². The van der Waals surface area contributed by atoms with Gasteiger partial charge in [0.05, 0.1) is 5.02 Å². The van der Waals surface area contributed by atoms with Gasteiger partial charge in [-0.15, -0.1) is 0 Å². The third-order valence-corrected chi connectivity index (χ3v) is 2.92. The lowest BCUT2D eigenvalue weighted by atomic mass is 10.2. The fourth-order valence-electron chi connectivity index (χ4n) is 1.74. The SMILES string of the molecule is CNc1ccc(Cl)c(C(=O)Nc2cc(C)cc(F)c2)n1. The number of pyridine rings is 1. The number of amides is 1. The Balaban J connectivity index is 2.27. The summed E-state index contributed by atoms with van der Waals surface area (Å²) in [6.07, 6.45) is 0. The van der Waals surface area contributed by atoms with Crippen LogP contribution in [-0.4, -0.2) is 17.9 Å². The smallest absolute Gasteiger partial charge is 0.275 e. The molecule has 0 aliphatic rings. The summed E-state index contributed by atoms with van der Waals surface area (Å²) in [4.78, 5) is 16.2. The van der Waals surface area contributed by atoms with E-state index in [9.17, 15) is 9.18 Å². The predicted octanol–water partition coefficient (Wildman–Crippen LogP) is 3.48. The number of halogens is 2. The Bertz CT molecular complexity index is 641. The summed E-state index contributed by atoms with van der Waals surface area (Å²) in [6.45, 7) is 1.74. The zero-order chi connectivity index (χ0) is 14.7. The molecule has 2 rings (SSSR count). The summed E-state index contributed by atoms with van der Waals surface area (Å²) in [5.74, 6) is -0.379. The number of rotatable bonds is 3. The maximum Gasteiger partial charge on any atom is 0.275 e.